The molecule has 0 bridgehead atoms. The van der Waals surface area contributed by atoms with Gasteiger partial charge in [0.1, 0.15) is 11.5 Å². The van der Waals surface area contributed by atoms with Gasteiger partial charge in [-0.3, -0.25) is 4.98 Å². The molecule has 0 saturated carbocycles. The summed E-state index contributed by atoms with van der Waals surface area (Å²) in [6.45, 7) is 6.22. The second kappa shape index (κ2) is 5.85. The molecule has 0 fully saturated rings. The van der Waals surface area contributed by atoms with Crippen molar-refractivity contribution < 1.29 is 4.74 Å². The summed E-state index contributed by atoms with van der Waals surface area (Å²) in [7, 11) is 1.92. The van der Waals surface area contributed by atoms with Crippen LogP contribution in [0, 0.1) is 13.8 Å². The number of hydrogen-bond donors (Lipinski definition) is 1. The third-order valence-corrected chi connectivity index (χ3v) is 3.42. The monoisotopic (exact) mass is 256 g/mol. The number of ether oxygens (including phenoxy) is 1. The molecule has 3 heteroatoms. The van der Waals surface area contributed by atoms with Crippen molar-refractivity contribution in [2.24, 2.45) is 0 Å². The van der Waals surface area contributed by atoms with Gasteiger partial charge in [0, 0.05) is 6.04 Å². The van der Waals surface area contributed by atoms with E-state index in [0.717, 1.165) is 22.8 Å². The molecule has 0 aliphatic carbocycles. The summed E-state index contributed by atoms with van der Waals surface area (Å²) in [4.78, 5) is 4.41. The first-order valence-electron chi connectivity index (χ1n) is 6.49. The number of rotatable bonds is 4. The van der Waals surface area contributed by atoms with Crippen LogP contribution in [0.1, 0.15) is 29.8 Å². The van der Waals surface area contributed by atoms with E-state index in [2.05, 4.69) is 37.1 Å². The normalized spacial score (nSPS) is 12.2. The van der Waals surface area contributed by atoms with Gasteiger partial charge in [0.25, 0.3) is 0 Å². The van der Waals surface area contributed by atoms with Crippen LogP contribution in [0.3, 0.4) is 0 Å². The zero-order chi connectivity index (χ0) is 13.8. The fourth-order valence-electron chi connectivity index (χ4n) is 1.82. The van der Waals surface area contributed by atoms with Gasteiger partial charge in [0.05, 0.1) is 11.9 Å². The Hall–Kier alpha value is -1.87. The minimum absolute atomic E-state index is 0.245. The van der Waals surface area contributed by atoms with E-state index in [1.807, 2.05) is 31.3 Å². The number of aromatic nitrogens is 1. The molecule has 1 N–H and O–H groups in total. The Kier molecular flexibility index (Phi) is 4.17. The van der Waals surface area contributed by atoms with E-state index in [9.17, 15) is 0 Å². The van der Waals surface area contributed by atoms with Gasteiger partial charge in [-0.1, -0.05) is 12.1 Å². The van der Waals surface area contributed by atoms with Gasteiger partial charge in [0.15, 0.2) is 0 Å². The van der Waals surface area contributed by atoms with Crippen molar-refractivity contribution in [3.05, 3.63) is 53.3 Å². The first-order chi connectivity index (χ1) is 9.11. The number of hydrogen-bond acceptors (Lipinski definition) is 3. The molecule has 2 aromatic rings. The molecule has 1 aromatic heterocycles. The minimum Gasteiger partial charge on any atom is -0.455 e. The van der Waals surface area contributed by atoms with Crippen LogP contribution in [-0.2, 0) is 0 Å². The fourth-order valence-corrected chi connectivity index (χ4v) is 1.82. The van der Waals surface area contributed by atoms with Crippen LogP contribution in [0.2, 0.25) is 0 Å². The maximum absolute atomic E-state index is 5.88. The van der Waals surface area contributed by atoms with Crippen LogP contribution in [-0.4, -0.2) is 12.0 Å². The molecule has 0 radical (unpaired) electrons. The molecule has 0 spiro atoms. The van der Waals surface area contributed by atoms with Crippen LogP contribution in [0.25, 0.3) is 0 Å². The maximum atomic E-state index is 5.88. The Balaban J connectivity index is 2.18. The topological polar surface area (TPSA) is 34.1 Å². The smallest absolute Gasteiger partial charge is 0.145 e. The lowest BCUT2D eigenvalue weighted by atomic mass is 10.1. The minimum atomic E-state index is 0.245. The number of benzene rings is 1. The molecule has 19 heavy (non-hydrogen) atoms. The lowest BCUT2D eigenvalue weighted by Crippen LogP contribution is -2.13. The fraction of sp³-hybridized carbons (Fsp3) is 0.312. The molecule has 2 rings (SSSR count). The van der Waals surface area contributed by atoms with Crippen LogP contribution >= 0.6 is 0 Å². The Morgan fingerprint density at radius 2 is 1.95 bits per heavy atom. The largest absolute Gasteiger partial charge is 0.455 e. The summed E-state index contributed by atoms with van der Waals surface area (Å²) in [5.41, 5.74) is 3.40. The van der Waals surface area contributed by atoms with Crippen molar-refractivity contribution in [3.63, 3.8) is 0 Å². The van der Waals surface area contributed by atoms with Crippen molar-refractivity contribution in [3.8, 4) is 11.5 Å². The van der Waals surface area contributed by atoms with Crippen molar-refractivity contribution in [1.82, 2.24) is 10.3 Å². The van der Waals surface area contributed by atoms with E-state index < -0.39 is 0 Å². The number of nitrogens with one attached hydrogen (secondary N) is 1. The molecule has 1 unspecified atom stereocenters. The van der Waals surface area contributed by atoms with Crippen LogP contribution in [0.4, 0.5) is 0 Å². The van der Waals surface area contributed by atoms with Crippen molar-refractivity contribution in [2.45, 2.75) is 26.8 Å². The molecular weight excluding hydrogens is 236 g/mol. The molecule has 0 saturated heterocycles. The van der Waals surface area contributed by atoms with Crippen LogP contribution in [0.15, 0.2) is 36.5 Å². The quantitative estimate of drug-likeness (QED) is 0.904. The molecule has 1 aromatic carbocycles. The molecular formula is C16H20N2O. The number of nitrogens with zero attached hydrogens (tertiary/aromatic N) is 1. The Morgan fingerprint density at radius 3 is 2.58 bits per heavy atom. The Morgan fingerprint density at radius 1 is 1.16 bits per heavy atom. The maximum Gasteiger partial charge on any atom is 0.145 e. The van der Waals surface area contributed by atoms with Gasteiger partial charge >= 0.3 is 0 Å². The highest BCUT2D eigenvalue weighted by molar-refractivity contribution is 5.41. The molecule has 0 amide bonds. The SMILES string of the molecule is CNC(C)c1ccc(Oc2cccc(C)c2C)cn1. The predicted octanol–water partition coefficient (Wildman–Crippen LogP) is 3.77. The molecule has 0 aliphatic heterocycles. The third-order valence-electron chi connectivity index (χ3n) is 3.42. The molecule has 1 atom stereocenters. The van der Waals surface area contributed by atoms with E-state index >= 15 is 0 Å². The molecule has 0 aliphatic rings. The summed E-state index contributed by atoms with van der Waals surface area (Å²) in [6, 6.07) is 10.3. The Bertz CT molecular complexity index is 549. The third kappa shape index (κ3) is 3.12. The van der Waals surface area contributed by atoms with E-state index in [1.54, 1.807) is 6.20 Å². The van der Waals surface area contributed by atoms with E-state index in [0.29, 0.717) is 0 Å². The van der Waals surface area contributed by atoms with E-state index in [1.165, 1.54) is 5.56 Å². The summed E-state index contributed by atoms with van der Waals surface area (Å²) >= 11 is 0. The lowest BCUT2D eigenvalue weighted by molar-refractivity contribution is 0.474. The summed E-state index contributed by atoms with van der Waals surface area (Å²) in [5, 5.41) is 3.16. The second-order valence-electron chi connectivity index (χ2n) is 4.73. The van der Waals surface area contributed by atoms with Crippen molar-refractivity contribution in [1.29, 1.82) is 0 Å². The second-order valence-corrected chi connectivity index (χ2v) is 4.73. The lowest BCUT2D eigenvalue weighted by Gasteiger charge is -2.12. The van der Waals surface area contributed by atoms with Gasteiger partial charge in [0.2, 0.25) is 0 Å². The molecule has 100 valence electrons. The zero-order valence-electron chi connectivity index (χ0n) is 11.9. The zero-order valence-corrected chi connectivity index (χ0v) is 11.9. The Labute approximate surface area is 114 Å². The average Bonchev–Trinajstić information content (AvgIpc) is 2.44. The average molecular weight is 256 g/mol. The standard InChI is InChI=1S/C16H20N2O/c1-11-6-5-7-16(12(11)2)19-14-8-9-15(18-10-14)13(3)17-4/h5-10,13,17H,1-4H3. The number of pyridine rings is 1. The highest BCUT2D eigenvalue weighted by atomic mass is 16.5. The first kappa shape index (κ1) is 13.6. The predicted molar refractivity (Wildman–Crippen MR) is 77.7 cm³/mol. The van der Waals surface area contributed by atoms with Gasteiger partial charge in [-0.15, -0.1) is 0 Å². The van der Waals surface area contributed by atoms with Crippen molar-refractivity contribution >= 4 is 0 Å². The van der Waals surface area contributed by atoms with Gasteiger partial charge in [-0.2, -0.15) is 0 Å². The summed E-state index contributed by atoms with van der Waals surface area (Å²) < 4.78 is 5.88. The summed E-state index contributed by atoms with van der Waals surface area (Å²) in [6.07, 6.45) is 1.77. The van der Waals surface area contributed by atoms with Gasteiger partial charge < -0.3 is 10.1 Å². The van der Waals surface area contributed by atoms with Crippen LogP contribution in [0.5, 0.6) is 11.5 Å². The van der Waals surface area contributed by atoms with E-state index in [4.69, 9.17) is 4.74 Å². The van der Waals surface area contributed by atoms with E-state index in [-0.39, 0.29) is 6.04 Å². The van der Waals surface area contributed by atoms with Gasteiger partial charge in [-0.05, 0) is 57.1 Å². The molecule has 3 nitrogen and oxygen atoms in total. The molecule has 1 heterocycles. The first-order valence-corrected chi connectivity index (χ1v) is 6.49. The van der Waals surface area contributed by atoms with Crippen LogP contribution < -0.4 is 10.1 Å². The number of aryl methyl sites for hydroxylation is 1. The highest BCUT2D eigenvalue weighted by Crippen LogP contribution is 2.26. The summed E-state index contributed by atoms with van der Waals surface area (Å²) in [5.74, 6) is 1.65. The highest BCUT2D eigenvalue weighted by Gasteiger charge is 2.06. The van der Waals surface area contributed by atoms with Crippen molar-refractivity contribution in [2.75, 3.05) is 7.05 Å². The van der Waals surface area contributed by atoms with Gasteiger partial charge in [-0.25, -0.2) is 0 Å².